The summed E-state index contributed by atoms with van der Waals surface area (Å²) in [5, 5.41) is 22.7. The number of aromatic nitrogens is 2. The van der Waals surface area contributed by atoms with Crippen molar-refractivity contribution in [2.24, 2.45) is 11.5 Å². The van der Waals surface area contributed by atoms with Gasteiger partial charge in [-0.05, 0) is 12.8 Å². The van der Waals surface area contributed by atoms with Crippen LogP contribution in [0.25, 0.3) is 0 Å². The van der Waals surface area contributed by atoms with E-state index < -0.39 is 72.6 Å². The molecule has 2 heterocycles. The van der Waals surface area contributed by atoms with Gasteiger partial charge in [0, 0.05) is 24.9 Å². The van der Waals surface area contributed by atoms with Crippen LogP contribution >= 0.6 is 0 Å². The number of carbonyl (C=O) groups is 6. The normalized spacial score (nSPS) is 17.9. The molecule has 0 radical (unpaired) electrons. The zero-order valence-electron chi connectivity index (χ0n) is 18.1. The molecular formula is C19H27N7O8. The van der Waals surface area contributed by atoms with E-state index in [1.54, 1.807) is 0 Å². The Morgan fingerprint density at radius 3 is 2.41 bits per heavy atom. The number of aliphatic carboxylic acids is 2. The smallest absolute Gasteiger partial charge is 0.326 e. The molecule has 0 aliphatic carbocycles. The third-order valence-electron chi connectivity index (χ3n) is 5.18. The van der Waals surface area contributed by atoms with Crippen molar-refractivity contribution in [2.75, 3.05) is 6.54 Å². The van der Waals surface area contributed by atoms with Crippen LogP contribution in [0.4, 0.5) is 0 Å². The second-order valence-corrected chi connectivity index (χ2v) is 7.81. The lowest BCUT2D eigenvalue weighted by atomic mass is 10.1. The lowest BCUT2D eigenvalue weighted by Crippen LogP contribution is -2.57. The van der Waals surface area contributed by atoms with Crippen molar-refractivity contribution in [3.05, 3.63) is 18.2 Å². The summed E-state index contributed by atoms with van der Waals surface area (Å²) in [5.41, 5.74) is 11.2. The number of hydrogen-bond acceptors (Lipinski definition) is 8. The summed E-state index contributed by atoms with van der Waals surface area (Å²) in [7, 11) is 0. The third kappa shape index (κ3) is 7.26. The van der Waals surface area contributed by atoms with E-state index in [0.717, 1.165) is 0 Å². The predicted octanol–water partition coefficient (Wildman–Crippen LogP) is -3.33. The zero-order chi connectivity index (χ0) is 25.4. The lowest BCUT2D eigenvalue weighted by Gasteiger charge is -2.29. The van der Waals surface area contributed by atoms with Crippen molar-refractivity contribution in [2.45, 2.75) is 56.3 Å². The molecule has 1 saturated heterocycles. The Hall–Kier alpha value is -4.01. The highest BCUT2D eigenvalue weighted by Gasteiger charge is 2.39. The molecule has 0 bridgehead atoms. The SMILES string of the molecule is NC(=O)CC(N)C(=O)NC(Cc1cnc[nH]1)C(=O)N1CCCC1C(=O)NC(CC(=O)O)C(=O)O. The third-order valence-corrected chi connectivity index (χ3v) is 5.18. The molecule has 1 aliphatic rings. The van der Waals surface area contributed by atoms with Gasteiger partial charge in [0.05, 0.1) is 25.2 Å². The second-order valence-electron chi connectivity index (χ2n) is 7.81. The molecule has 1 aromatic heterocycles. The first kappa shape index (κ1) is 26.2. The van der Waals surface area contributed by atoms with Gasteiger partial charge < -0.3 is 42.2 Å². The quantitative estimate of drug-likeness (QED) is 0.156. The molecule has 0 spiro atoms. The fourth-order valence-electron chi connectivity index (χ4n) is 3.55. The maximum absolute atomic E-state index is 13.3. The fourth-order valence-corrected chi connectivity index (χ4v) is 3.55. The summed E-state index contributed by atoms with van der Waals surface area (Å²) in [4.78, 5) is 79.6. The number of carbonyl (C=O) groups excluding carboxylic acids is 4. The summed E-state index contributed by atoms with van der Waals surface area (Å²) in [6.45, 7) is 0.149. The van der Waals surface area contributed by atoms with E-state index in [-0.39, 0.29) is 19.4 Å². The molecule has 15 nitrogen and oxygen atoms in total. The van der Waals surface area contributed by atoms with Gasteiger partial charge in [0.1, 0.15) is 18.1 Å². The molecular weight excluding hydrogens is 454 g/mol. The number of aromatic amines is 1. The van der Waals surface area contributed by atoms with Gasteiger partial charge in [-0.2, -0.15) is 0 Å². The molecule has 4 unspecified atom stereocenters. The Morgan fingerprint density at radius 2 is 1.85 bits per heavy atom. The summed E-state index contributed by atoms with van der Waals surface area (Å²) in [5.74, 6) is -6.01. The van der Waals surface area contributed by atoms with E-state index in [0.29, 0.717) is 12.1 Å². The number of rotatable bonds is 12. The van der Waals surface area contributed by atoms with Crippen LogP contribution in [-0.4, -0.2) is 91.4 Å². The Morgan fingerprint density at radius 1 is 1.15 bits per heavy atom. The number of hydrogen-bond donors (Lipinski definition) is 7. The molecule has 1 aromatic rings. The number of nitrogens with two attached hydrogens (primary N) is 2. The van der Waals surface area contributed by atoms with Gasteiger partial charge in [-0.3, -0.25) is 24.0 Å². The van der Waals surface area contributed by atoms with Crippen molar-refractivity contribution >= 4 is 35.6 Å². The fraction of sp³-hybridized carbons (Fsp3) is 0.526. The Labute approximate surface area is 193 Å². The van der Waals surface area contributed by atoms with Gasteiger partial charge in [0.15, 0.2) is 0 Å². The standard InChI is InChI=1S/C19H27N7O8/c20-10(5-14(21)27)16(30)24-11(4-9-7-22-8-23-9)18(32)26-3-1-2-13(26)17(31)25-12(19(33)34)6-15(28)29/h7-8,10-13H,1-6,20H2,(H2,21,27)(H,22,23)(H,24,30)(H,25,31)(H,28,29)(H,33,34). The van der Waals surface area contributed by atoms with E-state index in [2.05, 4.69) is 20.6 Å². The van der Waals surface area contributed by atoms with Gasteiger partial charge in [-0.25, -0.2) is 9.78 Å². The molecule has 1 fully saturated rings. The molecule has 186 valence electrons. The highest BCUT2D eigenvalue weighted by Crippen LogP contribution is 2.20. The first-order valence-corrected chi connectivity index (χ1v) is 10.4. The molecule has 4 amide bonds. The molecule has 34 heavy (non-hydrogen) atoms. The van der Waals surface area contributed by atoms with Gasteiger partial charge in [0.25, 0.3) is 0 Å². The number of imidazole rings is 1. The van der Waals surface area contributed by atoms with E-state index in [1.165, 1.54) is 17.4 Å². The summed E-state index contributed by atoms with van der Waals surface area (Å²) >= 11 is 0. The van der Waals surface area contributed by atoms with Crippen molar-refractivity contribution in [3.8, 4) is 0 Å². The van der Waals surface area contributed by atoms with Gasteiger partial charge in [-0.1, -0.05) is 0 Å². The van der Waals surface area contributed by atoms with Crippen LogP contribution in [0.5, 0.6) is 0 Å². The summed E-state index contributed by atoms with van der Waals surface area (Å²) in [6, 6.07) is -5.22. The van der Waals surface area contributed by atoms with Crippen LogP contribution in [0.3, 0.4) is 0 Å². The average molecular weight is 481 g/mol. The minimum Gasteiger partial charge on any atom is -0.481 e. The van der Waals surface area contributed by atoms with Crippen LogP contribution in [0.15, 0.2) is 12.5 Å². The Kier molecular flexibility index (Phi) is 9.06. The van der Waals surface area contributed by atoms with Gasteiger partial charge in [-0.15, -0.1) is 0 Å². The van der Waals surface area contributed by atoms with E-state index in [1.807, 2.05) is 0 Å². The van der Waals surface area contributed by atoms with Gasteiger partial charge >= 0.3 is 11.9 Å². The zero-order valence-corrected chi connectivity index (χ0v) is 18.1. The van der Waals surface area contributed by atoms with Gasteiger partial charge in [0.2, 0.25) is 23.6 Å². The van der Waals surface area contributed by atoms with Crippen LogP contribution in [0.1, 0.15) is 31.4 Å². The van der Waals surface area contributed by atoms with E-state index >= 15 is 0 Å². The molecule has 15 heteroatoms. The number of carboxylic acid groups (broad SMARTS) is 2. The summed E-state index contributed by atoms with van der Waals surface area (Å²) < 4.78 is 0. The molecule has 4 atom stereocenters. The average Bonchev–Trinajstić information content (AvgIpc) is 3.43. The maximum atomic E-state index is 13.3. The van der Waals surface area contributed by atoms with Crippen LogP contribution in [0.2, 0.25) is 0 Å². The first-order chi connectivity index (χ1) is 16.0. The number of likely N-dealkylation sites (tertiary alicyclic amines) is 1. The van der Waals surface area contributed by atoms with Crippen LogP contribution in [-0.2, 0) is 35.2 Å². The Bertz CT molecular complexity index is 935. The lowest BCUT2D eigenvalue weighted by molar-refractivity contribution is -0.148. The van der Waals surface area contributed by atoms with Crippen LogP contribution in [0, 0.1) is 0 Å². The summed E-state index contributed by atoms with van der Waals surface area (Å²) in [6.07, 6.45) is 2.14. The van der Waals surface area contributed by atoms with E-state index in [4.69, 9.17) is 16.6 Å². The first-order valence-electron chi connectivity index (χ1n) is 10.4. The maximum Gasteiger partial charge on any atom is 0.326 e. The topological polar surface area (TPSA) is 251 Å². The van der Waals surface area contributed by atoms with Crippen molar-refractivity contribution < 1.29 is 39.0 Å². The van der Waals surface area contributed by atoms with E-state index in [9.17, 15) is 33.9 Å². The van der Waals surface area contributed by atoms with Crippen molar-refractivity contribution in [1.82, 2.24) is 25.5 Å². The number of primary amides is 1. The minimum atomic E-state index is -1.67. The Balaban J connectivity index is 2.18. The number of nitrogens with one attached hydrogen (secondary N) is 3. The second kappa shape index (κ2) is 11.7. The number of H-pyrrole nitrogens is 1. The monoisotopic (exact) mass is 481 g/mol. The molecule has 2 rings (SSSR count). The number of nitrogens with zero attached hydrogens (tertiary/aromatic N) is 2. The molecule has 0 aromatic carbocycles. The number of amides is 4. The minimum absolute atomic E-state index is 0.0323. The highest BCUT2D eigenvalue weighted by atomic mass is 16.4. The number of carboxylic acids is 2. The predicted molar refractivity (Wildman–Crippen MR) is 113 cm³/mol. The molecule has 9 N–H and O–H groups in total. The highest BCUT2D eigenvalue weighted by molar-refractivity contribution is 5.95. The van der Waals surface area contributed by atoms with Crippen molar-refractivity contribution in [1.29, 1.82) is 0 Å². The van der Waals surface area contributed by atoms with Crippen LogP contribution < -0.4 is 22.1 Å². The molecule has 1 aliphatic heterocycles. The largest absolute Gasteiger partial charge is 0.481 e. The van der Waals surface area contributed by atoms with Crippen molar-refractivity contribution in [3.63, 3.8) is 0 Å². The molecule has 0 saturated carbocycles.